The molecule has 0 aromatic heterocycles. The van der Waals surface area contributed by atoms with Gasteiger partial charge in [0.1, 0.15) is 5.60 Å². The van der Waals surface area contributed by atoms with Gasteiger partial charge in [-0.3, -0.25) is 9.59 Å². The molecule has 8 nitrogen and oxygen atoms in total. The van der Waals surface area contributed by atoms with E-state index < -0.39 is 35.4 Å². The normalized spacial score (nSPS) is 21.9. The van der Waals surface area contributed by atoms with Gasteiger partial charge in [-0.1, -0.05) is 23.6 Å². The molecule has 2 aliphatic rings. The Morgan fingerprint density at radius 3 is 2.25 bits per heavy atom. The van der Waals surface area contributed by atoms with E-state index in [-0.39, 0.29) is 17.2 Å². The van der Waals surface area contributed by atoms with Gasteiger partial charge in [-0.2, -0.15) is 0 Å². The van der Waals surface area contributed by atoms with Crippen LogP contribution in [0, 0.1) is 5.92 Å². The fourth-order valence-corrected chi connectivity index (χ4v) is 3.42. The van der Waals surface area contributed by atoms with Crippen LogP contribution in [0.4, 0.5) is 4.79 Å². The summed E-state index contributed by atoms with van der Waals surface area (Å²) in [5.74, 6) is -2.45. The fraction of sp³-hybridized carbons (Fsp3) is 0.500. The van der Waals surface area contributed by atoms with Crippen LogP contribution < -0.4 is 5.32 Å². The van der Waals surface area contributed by atoms with Crippen LogP contribution in [0.3, 0.4) is 0 Å². The average Bonchev–Trinajstić information content (AvgIpc) is 2.85. The van der Waals surface area contributed by atoms with E-state index in [4.69, 9.17) is 9.57 Å². The third kappa shape index (κ3) is 4.32. The summed E-state index contributed by atoms with van der Waals surface area (Å²) in [6.07, 6.45) is 1.82. The zero-order valence-electron chi connectivity index (χ0n) is 16.2. The third-order valence-corrected chi connectivity index (χ3v) is 4.67. The molecule has 0 bridgehead atoms. The number of rotatable bonds is 3. The van der Waals surface area contributed by atoms with E-state index >= 15 is 0 Å². The number of fused-ring (bicyclic) bond motifs is 1. The van der Waals surface area contributed by atoms with Crippen molar-refractivity contribution in [2.75, 3.05) is 0 Å². The van der Waals surface area contributed by atoms with Gasteiger partial charge in [0.2, 0.25) is 0 Å². The van der Waals surface area contributed by atoms with Crippen LogP contribution in [0.1, 0.15) is 67.2 Å². The average molecular weight is 388 g/mol. The van der Waals surface area contributed by atoms with Crippen molar-refractivity contribution in [2.24, 2.45) is 5.92 Å². The van der Waals surface area contributed by atoms with Crippen LogP contribution in [0.25, 0.3) is 0 Å². The predicted octanol–water partition coefficient (Wildman–Crippen LogP) is 2.82. The first-order chi connectivity index (χ1) is 13.2. The van der Waals surface area contributed by atoms with Crippen LogP contribution in [-0.4, -0.2) is 40.6 Å². The summed E-state index contributed by atoms with van der Waals surface area (Å²) >= 11 is 0. The molecule has 0 radical (unpaired) electrons. The van der Waals surface area contributed by atoms with Crippen molar-refractivity contribution in [3.05, 3.63) is 35.4 Å². The molecule has 8 heteroatoms. The standard InChI is InChI=1S/C20H24N2O6/c1-20(2,3)27-19(26)21-13-8-6-7-12(11-13)18(25)28-22-16(23)14-9-4-5-10-15(14)17(22)24/h4-5,9-10,12-13H,6-8,11H2,1-3H3,(H,21,26). The molecule has 1 N–H and O–H groups in total. The van der Waals surface area contributed by atoms with E-state index in [1.165, 1.54) is 12.1 Å². The molecular formula is C20H24N2O6. The van der Waals surface area contributed by atoms with Gasteiger partial charge in [-0.25, -0.2) is 9.59 Å². The van der Waals surface area contributed by atoms with Crippen molar-refractivity contribution in [1.82, 2.24) is 10.4 Å². The minimum Gasteiger partial charge on any atom is -0.444 e. The number of hydrogen-bond donors (Lipinski definition) is 1. The second-order valence-electron chi connectivity index (χ2n) is 8.07. The second kappa shape index (κ2) is 7.61. The molecule has 1 aromatic rings. The van der Waals surface area contributed by atoms with E-state index in [0.717, 1.165) is 6.42 Å². The molecule has 1 aliphatic carbocycles. The van der Waals surface area contributed by atoms with Crippen molar-refractivity contribution < 1.29 is 28.8 Å². The maximum Gasteiger partial charge on any atom is 0.407 e. The number of hydrogen-bond acceptors (Lipinski definition) is 6. The second-order valence-corrected chi connectivity index (χ2v) is 8.07. The third-order valence-electron chi connectivity index (χ3n) is 4.67. The Kier molecular flexibility index (Phi) is 5.40. The monoisotopic (exact) mass is 388 g/mol. The Morgan fingerprint density at radius 2 is 1.68 bits per heavy atom. The smallest absolute Gasteiger partial charge is 0.407 e. The first-order valence-electron chi connectivity index (χ1n) is 9.35. The maximum absolute atomic E-state index is 12.5. The Balaban J connectivity index is 1.58. The zero-order chi connectivity index (χ0) is 20.5. The SMILES string of the molecule is CC(C)(C)OC(=O)NC1CCCC(C(=O)ON2C(=O)c3ccccc3C2=O)C1. The number of carbonyl (C=O) groups is 4. The zero-order valence-corrected chi connectivity index (χ0v) is 16.2. The Morgan fingerprint density at radius 1 is 1.07 bits per heavy atom. The number of alkyl carbamates (subject to hydrolysis) is 1. The molecule has 1 heterocycles. The lowest BCUT2D eigenvalue weighted by atomic mass is 9.86. The maximum atomic E-state index is 12.5. The molecule has 1 aromatic carbocycles. The topological polar surface area (TPSA) is 102 Å². The largest absolute Gasteiger partial charge is 0.444 e. The van der Waals surface area contributed by atoms with Crippen molar-refractivity contribution in [1.29, 1.82) is 0 Å². The van der Waals surface area contributed by atoms with Crippen LogP contribution in [0.15, 0.2) is 24.3 Å². The molecule has 28 heavy (non-hydrogen) atoms. The lowest BCUT2D eigenvalue weighted by Gasteiger charge is -2.30. The molecule has 0 spiro atoms. The molecule has 2 unspecified atom stereocenters. The van der Waals surface area contributed by atoms with Gasteiger partial charge < -0.3 is 14.9 Å². The Hall–Kier alpha value is -2.90. The van der Waals surface area contributed by atoms with Crippen LogP contribution in [0.5, 0.6) is 0 Å². The van der Waals surface area contributed by atoms with E-state index in [1.54, 1.807) is 32.9 Å². The minimum absolute atomic E-state index is 0.216. The first kappa shape index (κ1) is 19.9. The summed E-state index contributed by atoms with van der Waals surface area (Å²) in [4.78, 5) is 54.3. The molecule has 1 saturated carbocycles. The number of carbonyl (C=O) groups excluding carboxylic acids is 4. The summed E-state index contributed by atoms with van der Waals surface area (Å²) in [6.45, 7) is 5.32. The van der Waals surface area contributed by atoms with Crippen molar-refractivity contribution >= 4 is 23.9 Å². The lowest BCUT2D eigenvalue weighted by Crippen LogP contribution is -2.43. The number of imide groups is 1. The van der Waals surface area contributed by atoms with Crippen molar-refractivity contribution in [3.8, 4) is 0 Å². The highest BCUT2D eigenvalue weighted by Gasteiger charge is 2.40. The first-order valence-corrected chi connectivity index (χ1v) is 9.35. The fourth-order valence-electron chi connectivity index (χ4n) is 3.42. The highest BCUT2D eigenvalue weighted by atomic mass is 16.7. The van der Waals surface area contributed by atoms with Gasteiger partial charge in [-0.15, -0.1) is 0 Å². The number of hydroxylamine groups is 2. The number of ether oxygens (including phenoxy) is 1. The van der Waals surface area contributed by atoms with Crippen molar-refractivity contribution in [3.63, 3.8) is 0 Å². The lowest BCUT2D eigenvalue weighted by molar-refractivity contribution is -0.175. The molecule has 2 atom stereocenters. The van der Waals surface area contributed by atoms with E-state index in [1.807, 2.05) is 0 Å². The summed E-state index contributed by atoms with van der Waals surface area (Å²) in [7, 11) is 0. The molecule has 3 rings (SSSR count). The Labute approximate surface area is 163 Å². The number of nitrogens with zero attached hydrogens (tertiary/aromatic N) is 1. The summed E-state index contributed by atoms with van der Waals surface area (Å²) < 4.78 is 5.24. The Bertz CT molecular complexity index is 778. The van der Waals surface area contributed by atoms with Gasteiger partial charge in [0.15, 0.2) is 0 Å². The number of amides is 3. The summed E-state index contributed by atoms with van der Waals surface area (Å²) in [5, 5.41) is 3.29. The molecule has 1 fully saturated rings. The molecule has 150 valence electrons. The van der Waals surface area contributed by atoms with E-state index in [9.17, 15) is 19.2 Å². The quantitative estimate of drug-likeness (QED) is 0.799. The summed E-state index contributed by atoms with van der Waals surface area (Å²) in [5.41, 5.74) is -0.176. The highest BCUT2D eigenvalue weighted by Crippen LogP contribution is 2.28. The molecule has 0 saturated heterocycles. The minimum atomic E-state index is -0.648. The number of benzene rings is 1. The van der Waals surface area contributed by atoms with Crippen LogP contribution >= 0.6 is 0 Å². The van der Waals surface area contributed by atoms with Crippen molar-refractivity contribution in [2.45, 2.75) is 58.1 Å². The van der Waals surface area contributed by atoms with Crippen LogP contribution in [0.2, 0.25) is 0 Å². The molecule has 3 amide bonds. The summed E-state index contributed by atoms with van der Waals surface area (Å²) in [6, 6.07) is 6.09. The van der Waals surface area contributed by atoms with E-state index in [0.29, 0.717) is 24.3 Å². The number of nitrogens with one attached hydrogen (secondary N) is 1. The van der Waals surface area contributed by atoms with Gasteiger partial charge in [0.05, 0.1) is 17.0 Å². The molecular weight excluding hydrogens is 364 g/mol. The predicted molar refractivity (Wildman–Crippen MR) is 98.1 cm³/mol. The van der Waals surface area contributed by atoms with E-state index in [2.05, 4.69) is 5.32 Å². The van der Waals surface area contributed by atoms with Gasteiger partial charge >= 0.3 is 12.1 Å². The van der Waals surface area contributed by atoms with Gasteiger partial charge in [0, 0.05) is 6.04 Å². The van der Waals surface area contributed by atoms with Gasteiger partial charge in [-0.05, 0) is 52.2 Å². The van der Waals surface area contributed by atoms with Gasteiger partial charge in [0.25, 0.3) is 11.8 Å². The highest BCUT2D eigenvalue weighted by molar-refractivity contribution is 6.20. The molecule has 1 aliphatic heterocycles. The van der Waals surface area contributed by atoms with Crippen LogP contribution in [-0.2, 0) is 14.4 Å².